The third kappa shape index (κ3) is 14.7. The van der Waals surface area contributed by atoms with E-state index in [9.17, 15) is 0 Å². The average molecular weight is 1110 g/mol. The number of methoxy groups -OCH3 is 1. The Bertz CT molecular complexity index is 3780. The summed E-state index contributed by atoms with van der Waals surface area (Å²) in [5, 5.41) is 0. The Kier molecular flexibility index (Phi) is 19.1. The van der Waals surface area contributed by atoms with Gasteiger partial charge in [0.15, 0.2) is 0 Å². The van der Waals surface area contributed by atoms with Crippen molar-refractivity contribution in [2.75, 3.05) is 57.7 Å². The number of hydrogen-bond acceptors (Lipinski definition) is 7. The first-order chi connectivity index (χ1) is 41.7. The maximum Gasteiger partial charge on any atom is 0.119 e. The standard InChI is InChI=1S/C26H24N2O.2C26H24N2/c1-27(22-17-19-26(29-2)20-18-22)21-13-15-25(16-14-21)28(23-9-5-3-6-10-23)24-11-7-4-8-12-24;1-21-10-9-15-26(20-21)27(2)22-16-18-25(19-17-22)28(23-11-5-3-6-12-23)24-13-7-4-8-14-24;1-21-13-15-22(16-14-21)27(2)23-17-19-26(20-18-23)28(24-9-5-3-6-10-24)25-11-7-4-8-12-25/h3-20H,1-2H3;2*3-20H,1-2H3. The van der Waals surface area contributed by atoms with E-state index in [1.54, 1.807) is 7.11 Å². The van der Waals surface area contributed by atoms with Crippen LogP contribution in [0.2, 0.25) is 0 Å². The van der Waals surface area contributed by atoms with Crippen LogP contribution in [0.25, 0.3) is 0 Å². The molecule has 0 aliphatic carbocycles. The Hall–Kier alpha value is -10.8. The number of anilines is 15. The van der Waals surface area contributed by atoms with Crippen LogP contribution in [0, 0.1) is 13.8 Å². The highest BCUT2D eigenvalue weighted by Gasteiger charge is 2.16. The minimum atomic E-state index is 0.860. The second-order valence-corrected chi connectivity index (χ2v) is 20.6. The van der Waals surface area contributed by atoms with Crippen LogP contribution >= 0.6 is 0 Å². The number of hydrogen-bond donors (Lipinski definition) is 0. The molecule has 0 aliphatic heterocycles. The van der Waals surface area contributed by atoms with Crippen molar-refractivity contribution >= 4 is 85.3 Å². The molecule has 0 fully saturated rings. The van der Waals surface area contributed by atoms with Gasteiger partial charge in [0.1, 0.15) is 5.75 Å². The molecule has 12 rings (SSSR count). The van der Waals surface area contributed by atoms with Crippen molar-refractivity contribution < 1.29 is 4.74 Å². The van der Waals surface area contributed by atoms with Gasteiger partial charge >= 0.3 is 0 Å². The zero-order chi connectivity index (χ0) is 58.7. The van der Waals surface area contributed by atoms with Crippen LogP contribution < -0.4 is 34.1 Å². The van der Waals surface area contributed by atoms with Crippen molar-refractivity contribution in [1.82, 2.24) is 0 Å². The van der Waals surface area contributed by atoms with Gasteiger partial charge in [-0.25, -0.2) is 0 Å². The van der Waals surface area contributed by atoms with Crippen molar-refractivity contribution in [1.29, 1.82) is 0 Å². The molecule has 0 amide bonds. The molecule has 420 valence electrons. The summed E-state index contributed by atoms with van der Waals surface area (Å²) in [6.45, 7) is 4.23. The van der Waals surface area contributed by atoms with E-state index in [-0.39, 0.29) is 0 Å². The lowest BCUT2D eigenvalue weighted by Gasteiger charge is -2.26. The Balaban J connectivity index is 0.000000142. The third-order valence-corrected chi connectivity index (χ3v) is 14.8. The van der Waals surface area contributed by atoms with Gasteiger partial charge < -0.3 is 34.1 Å². The predicted octanol–water partition coefficient (Wildman–Crippen LogP) is 21.4. The molecule has 0 radical (unpaired) electrons. The molecule has 0 aliphatic rings. The van der Waals surface area contributed by atoms with Crippen LogP contribution in [0.3, 0.4) is 0 Å². The van der Waals surface area contributed by atoms with Crippen molar-refractivity contribution in [2.24, 2.45) is 0 Å². The van der Waals surface area contributed by atoms with Gasteiger partial charge in [-0.05, 0) is 214 Å². The van der Waals surface area contributed by atoms with Crippen LogP contribution in [-0.4, -0.2) is 28.3 Å². The number of nitrogens with zero attached hydrogens (tertiary/aromatic N) is 6. The molecular weight excluding hydrogens is 1040 g/mol. The van der Waals surface area contributed by atoms with E-state index >= 15 is 0 Å². The normalized spacial score (nSPS) is 10.5. The molecule has 0 saturated carbocycles. The Morgan fingerprint density at radius 2 is 0.412 bits per heavy atom. The molecule has 7 heteroatoms. The molecule has 7 nitrogen and oxygen atoms in total. The lowest BCUT2D eigenvalue weighted by atomic mass is 10.1. The van der Waals surface area contributed by atoms with Crippen LogP contribution in [0.4, 0.5) is 85.3 Å². The van der Waals surface area contributed by atoms with Crippen LogP contribution in [0.15, 0.2) is 328 Å². The van der Waals surface area contributed by atoms with Crippen molar-refractivity contribution in [3.63, 3.8) is 0 Å². The van der Waals surface area contributed by atoms with Gasteiger partial charge in [0.2, 0.25) is 0 Å². The molecule has 0 saturated heterocycles. The SMILES string of the molecule is COc1ccc(N(C)c2ccc(N(c3ccccc3)c3ccccc3)cc2)cc1.Cc1ccc(N(C)c2ccc(N(c3ccccc3)c3ccccc3)cc2)cc1.Cc1cccc(N(C)c2ccc(N(c3ccccc3)c3ccccc3)cc2)c1. The predicted molar refractivity (Wildman–Crippen MR) is 363 cm³/mol. The Morgan fingerprint density at radius 1 is 0.200 bits per heavy atom. The first-order valence-corrected chi connectivity index (χ1v) is 28.7. The van der Waals surface area contributed by atoms with Crippen molar-refractivity contribution in [3.8, 4) is 5.75 Å². The molecule has 0 aromatic heterocycles. The molecule has 0 N–H and O–H groups in total. The van der Waals surface area contributed by atoms with E-state index in [1.807, 2.05) is 48.5 Å². The minimum Gasteiger partial charge on any atom is -0.497 e. The summed E-state index contributed by atoms with van der Waals surface area (Å²) in [5.74, 6) is 0.860. The van der Waals surface area contributed by atoms with Gasteiger partial charge in [-0.1, -0.05) is 139 Å². The summed E-state index contributed by atoms with van der Waals surface area (Å²) < 4.78 is 5.26. The summed E-state index contributed by atoms with van der Waals surface area (Å²) in [6, 6.07) is 114. The van der Waals surface area contributed by atoms with Crippen LogP contribution in [0.1, 0.15) is 11.1 Å². The van der Waals surface area contributed by atoms with Crippen molar-refractivity contribution in [3.05, 3.63) is 339 Å². The summed E-state index contributed by atoms with van der Waals surface area (Å²) in [7, 11) is 7.97. The maximum absolute atomic E-state index is 5.26. The zero-order valence-electron chi connectivity index (χ0n) is 49.3. The molecule has 0 bridgehead atoms. The second kappa shape index (κ2) is 28.3. The summed E-state index contributed by atoms with van der Waals surface area (Å²) >= 11 is 0. The topological polar surface area (TPSA) is 28.7 Å². The van der Waals surface area contributed by atoms with Crippen LogP contribution in [0.5, 0.6) is 5.75 Å². The fourth-order valence-electron chi connectivity index (χ4n) is 10.1. The monoisotopic (exact) mass is 1110 g/mol. The minimum absolute atomic E-state index is 0.860. The smallest absolute Gasteiger partial charge is 0.119 e. The highest BCUT2D eigenvalue weighted by Crippen LogP contribution is 2.39. The Morgan fingerprint density at radius 3 is 0.671 bits per heavy atom. The molecule has 12 aromatic carbocycles. The largest absolute Gasteiger partial charge is 0.497 e. The maximum atomic E-state index is 5.26. The molecule has 0 spiro atoms. The summed E-state index contributed by atoms with van der Waals surface area (Å²) in [6.07, 6.45) is 0. The number of aryl methyl sites for hydroxylation is 2. The van der Waals surface area contributed by atoms with E-state index in [0.717, 1.165) is 79.7 Å². The third-order valence-electron chi connectivity index (χ3n) is 14.8. The lowest BCUT2D eigenvalue weighted by Crippen LogP contribution is -2.11. The fourth-order valence-corrected chi connectivity index (χ4v) is 10.1. The van der Waals surface area contributed by atoms with E-state index in [1.165, 1.54) is 22.5 Å². The number of rotatable bonds is 16. The summed E-state index contributed by atoms with van der Waals surface area (Å²) in [4.78, 5) is 13.4. The van der Waals surface area contributed by atoms with Gasteiger partial charge in [-0.15, -0.1) is 0 Å². The first-order valence-electron chi connectivity index (χ1n) is 28.7. The van der Waals surface area contributed by atoms with Crippen LogP contribution in [-0.2, 0) is 0 Å². The van der Waals surface area contributed by atoms with E-state index in [2.05, 4.69) is 343 Å². The Labute approximate surface area is 503 Å². The van der Waals surface area contributed by atoms with E-state index in [0.29, 0.717) is 0 Å². The molecule has 12 aromatic rings. The van der Waals surface area contributed by atoms with E-state index in [4.69, 9.17) is 4.74 Å². The summed E-state index contributed by atoms with van der Waals surface area (Å²) in [5.41, 5.74) is 19.7. The quantitative estimate of drug-likeness (QED) is 0.0952. The molecular formula is C78H72N6O. The molecule has 0 heterocycles. The van der Waals surface area contributed by atoms with Gasteiger partial charge in [0.05, 0.1) is 7.11 Å². The van der Waals surface area contributed by atoms with Gasteiger partial charge in [0, 0.05) is 106 Å². The number of para-hydroxylation sites is 6. The van der Waals surface area contributed by atoms with Crippen molar-refractivity contribution in [2.45, 2.75) is 13.8 Å². The second-order valence-electron chi connectivity index (χ2n) is 20.6. The highest BCUT2D eigenvalue weighted by atomic mass is 16.5. The highest BCUT2D eigenvalue weighted by molar-refractivity contribution is 5.81. The molecule has 0 atom stereocenters. The number of ether oxygens (including phenoxy) is 1. The van der Waals surface area contributed by atoms with Gasteiger partial charge in [-0.2, -0.15) is 0 Å². The first kappa shape index (κ1) is 57.5. The fraction of sp³-hybridized carbons (Fsp3) is 0.0769. The molecule has 0 unspecified atom stereocenters. The lowest BCUT2D eigenvalue weighted by molar-refractivity contribution is 0.415. The van der Waals surface area contributed by atoms with Gasteiger partial charge in [-0.3, -0.25) is 0 Å². The van der Waals surface area contributed by atoms with E-state index < -0.39 is 0 Å². The zero-order valence-corrected chi connectivity index (χ0v) is 49.3. The molecule has 85 heavy (non-hydrogen) atoms. The number of benzene rings is 12. The average Bonchev–Trinajstić information content (AvgIpc) is 3.74. The van der Waals surface area contributed by atoms with Gasteiger partial charge in [0.25, 0.3) is 0 Å².